The van der Waals surface area contributed by atoms with E-state index in [2.05, 4.69) is 10.0 Å². The standard InChI is InChI=1S/C9H10N2O4S2/c12-7-4-3-6(9(13)10-7)11-17(14,15)8-2-1-5-16-8/h1-2,5-6,11H,3-4H2,(H,10,12,13). The number of amides is 2. The maximum Gasteiger partial charge on any atom is 0.250 e. The third kappa shape index (κ3) is 2.71. The number of imide groups is 1. The lowest BCUT2D eigenvalue weighted by Gasteiger charge is -2.21. The quantitative estimate of drug-likeness (QED) is 0.749. The number of sulfonamides is 1. The summed E-state index contributed by atoms with van der Waals surface area (Å²) < 4.78 is 26.1. The molecule has 1 unspecified atom stereocenters. The van der Waals surface area contributed by atoms with Crippen LogP contribution in [-0.4, -0.2) is 26.3 Å². The van der Waals surface area contributed by atoms with Crippen molar-refractivity contribution in [2.75, 3.05) is 0 Å². The van der Waals surface area contributed by atoms with Crippen molar-refractivity contribution >= 4 is 33.2 Å². The van der Waals surface area contributed by atoms with Crippen molar-refractivity contribution in [1.82, 2.24) is 10.0 Å². The molecule has 2 amide bonds. The molecule has 0 aromatic carbocycles. The number of piperidine rings is 1. The molecule has 92 valence electrons. The first kappa shape index (κ1) is 12.2. The van der Waals surface area contributed by atoms with E-state index in [4.69, 9.17) is 0 Å². The summed E-state index contributed by atoms with van der Waals surface area (Å²) in [4.78, 5) is 22.3. The highest BCUT2D eigenvalue weighted by Gasteiger charge is 2.30. The van der Waals surface area contributed by atoms with Crippen molar-refractivity contribution in [2.24, 2.45) is 0 Å². The van der Waals surface area contributed by atoms with Crippen LogP contribution < -0.4 is 10.0 Å². The molecule has 2 rings (SSSR count). The lowest BCUT2D eigenvalue weighted by atomic mass is 10.1. The zero-order valence-corrected chi connectivity index (χ0v) is 10.3. The molecular weight excluding hydrogens is 264 g/mol. The fraction of sp³-hybridized carbons (Fsp3) is 0.333. The van der Waals surface area contributed by atoms with E-state index in [0.29, 0.717) is 0 Å². The Balaban J connectivity index is 2.12. The van der Waals surface area contributed by atoms with E-state index in [1.54, 1.807) is 11.4 Å². The molecule has 0 saturated carbocycles. The van der Waals surface area contributed by atoms with Crippen LogP contribution in [0, 0.1) is 0 Å². The van der Waals surface area contributed by atoms with Crippen LogP contribution in [0.1, 0.15) is 12.8 Å². The molecule has 0 aliphatic carbocycles. The van der Waals surface area contributed by atoms with E-state index >= 15 is 0 Å². The van der Waals surface area contributed by atoms with Gasteiger partial charge in [-0.05, 0) is 17.9 Å². The van der Waals surface area contributed by atoms with Crippen LogP contribution in [0.3, 0.4) is 0 Å². The summed E-state index contributed by atoms with van der Waals surface area (Å²) >= 11 is 1.07. The van der Waals surface area contributed by atoms with E-state index in [1.165, 1.54) is 6.07 Å². The largest absolute Gasteiger partial charge is 0.295 e. The molecule has 17 heavy (non-hydrogen) atoms. The minimum absolute atomic E-state index is 0.142. The highest BCUT2D eigenvalue weighted by molar-refractivity contribution is 7.91. The maximum absolute atomic E-state index is 11.8. The second-order valence-electron chi connectivity index (χ2n) is 3.56. The Bertz CT molecular complexity index is 535. The van der Waals surface area contributed by atoms with Gasteiger partial charge in [-0.3, -0.25) is 14.9 Å². The Kier molecular flexibility index (Phi) is 3.27. The third-order valence-electron chi connectivity index (χ3n) is 2.30. The second kappa shape index (κ2) is 4.55. The summed E-state index contributed by atoms with van der Waals surface area (Å²) in [6.07, 6.45) is 0.332. The van der Waals surface area contributed by atoms with Crippen LogP contribution in [0.4, 0.5) is 0 Å². The van der Waals surface area contributed by atoms with Crippen LogP contribution in [0.15, 0.2) is 21.7 Å². The molecule has 1 aliphatic heterocycles. The van der Waals surface area contributed by atoms with Gasteiger partial charge >= 0.3 is 0 Å². The highest BCUT2D eigenvalue weighted by Crippen LogP contribution is 2.17. The molecule has 1 aliphatic rings. The van der Waals surface area contributed by atoms with E-state index < -0.39 is 22.0 Å². The molecule has 0 bridgehead atoms. The summed E-state index contributed by atoms with van der Waals surface area (Å²) in [5.41, 5.74) is 0. The number of hydrogen-bond acceptors (Lipinski definition) is 5. The van der Waals surface area contributed by atoms with Gasteiger partial charge in [0.25, 0.3) is 10.0 Å². The lowest BCUT2D eigenvalue weighted by Crippen LogP contribution is -2.52. The summed E-state index contributed by atoms with van der Waals surface area (Å²) in [6, 6.07) is 2.20. The minimum Gasteiger partial charge on any atom is -0.295 e. The average molecular weight is 274 g/mol. The van der Waals surface area contributed by atoms with Gasteiger partial charge in [0.2, 0.25) is 11.8 Å². The Morgan fingerprint density at radius 1 is 1.41 bits per heavy atom. The molecule has 1 aromatic heterocycles. The van der Waals surface area contributed by atoms with Gasteiger partial charge in [-0.25, -0.2) is 8.42 Å². The minimum atomic E-state index is -3.67. The van der Waals surface area contributed by atoms with Gasteiger partial charge in [0.15, 0.2) is 0 Å². The molecule has 0 radical (unpaired) electrons. The Labute approximate surface area is 102 Å². The Hall–Kier alpha value is -1.25. The molecule has 1 atom stereocenters. The molecule has 6 nitrogen and oxygen atoms in total. The summed E-state index contributed by atoms with van der Waals surface area (Å²) in [5.74, 6) is -0.969. The predicted molar refractivity (Wildman–Crippen MR) is 60.8 cm³/mol. The smallest absolute Gasteiger partial charge is 0.250 e. The van der Waals surface area contributed by atoms with Crippen LogP contribution in [0.5, 0.6) is 0 Å². The molecular formula is C9H10N2O4S2. The molecule has 2 N–H and O–H groups in total. The fourth-order valence-corrected chi connectivity index (χ4v) is 3.71. The summed E-state index contributed by atoms with van der Waals surface area (Å²) in [7, 11) is -3.67. The normalized spacial score (nSPS) is 21.3. The van der Waals surface area contributed by atoms with E-state index in [1.807, 2.05) is 0 Å². The van der Waals surface area contributed by atoms with Crippen molar-refractivity contribution in [3.8, 4) is 0 Å². The van der Waals surface area contributed by atoms with Crippen molar-refractivity contribution in [1.29, 1.82) is 0 Å². The van der Waals surface area contributed by atoms with Crippen molar-refractivity contribution in [3.05, 3.63) is 17.5 Å². The second-order valence-corrected chi connectivity index (χ2v) is 6.45. The van der Waals surface area contributed by atoms with Gasteiger partial charge < -0.3 is 0 Å². The van der Waals surface area contributed by atoms with Crippen molar-refractivity contribution < 1.29 is 18.0 Å². The van der Waals surface area contributed by atoms with Crippen molar-refractivity contribution in [3.63, 3.8) is 0 Å². The molecule has 1 fully saturated rings. The molecule has 1 aromatic rings. The number of carbonyl (C=O) groups is 2. The maximum atomic E-state index is 11.8. The monoisotopic (exact) mass is 274 g/mol. The Morgan fingerprint density at radius 2 is 2.18 bits per heavy atom. The van der Waals surface area contributed by atoms with Crippen molar-refractivity contribution in [2.45, 2.75) is 23.1 Å². The highest BCUT2D eigenvalue weighted by atomic mass is 32.2. The lowest BCUT2D eigenvalue weighted by molar-refractivity contribution is -0.134. The third-order valence-corrected chi connectivity index (χ3v) is 5.17. The number of hydrogen-bond donors (Lipinski definition) is 2. The zero-order chi connectivity index (χ0) is 12.5. The first-order chi connectivity index (χ1) is 7.99. The van der Waals surface area contributed by atoms with Crippen LogP contribution in [0.2, 0.25) is 0 Å². The van der Waals surface area contributed by atoms with Gasteiger partial charge in [0, 0.05) is 6.42 Å². The zero-order valence-electron chi connectivity index (χ0n) is 8.67. The molecule has 2 heterocycles. The summed E-state index contributed by atoms with van der Waals surface area (Å²) in [6.45, 7) is 0. The number of rotatable bonds is 3. The fourth-order valence-electron chi connectivity index (χ4n) is 1.47. The van der Waals surface area contributed by atoms with Crippen LogP contribution in [-0.2, 0) is 19.6 Å². The van der Waals surface area contributed by atoms with E-state index in [9.17, 15) is 18.0 Å². The van der Waals surface area contributed by atoms with Gasteiger partial charge in [-0.2, -0.15) is 4.72 Å². The number of thiophene rings is 1. The van der Waals surface area contributed by atoms with Gasteiger partial charge in [0.05, 0.1) is 0 Å². The van der Waals surface area contributed by atoms with E-state index in [-0.39, 0.29) is 23.0 Å². The van der Waals surface area contributed by atoms with E-state index in [0.717, 1.165) is 11.3 Å². The van der Waals surface area contributed by atoms with Crippen LogP contribution in [0.25, 0.3) is 0 Å². The predicted octanol–water partition coefficient (Wildman–Crippen LogP) is -0.168. The first-order valence-electron chi connectivity index (χ1n) is 4.88. The Morgan fingerprint density at radius 3 is 2.76 bits per heavy atom. The summed E-state index contributed by atoms with van der Waals surface area (Å²) in [5, 5.41) is 3.73. The van der Waals surface area contributed by atoms with Gasteiger partial charge in [-0.1, -0.05) is 6.07 Å². The number of carbonyl (C=O) groups excluding carboxylic acids is 2. The number of nitrogens with one attached hydrogen (secondary N) is 2. The van der Waals surface area contributed by atoms with Crippen LogP contribution >= 0.6 is 11.3 Å². The first-order valence-corrected chi connectivity index (χ1v) is 7.25. The SMILES string of the molecule is O=C1CCC(NS(=O)(=O)c2cccs2)C(=O)N1. The molecule has 1 saturated heterocycles. The molecule has 0 spiro atoms. The van der Waals surface area contributed by atoms with Gasteiger partial charge in [0.1, 0.15) is 10.3 Å². The van der Waals surface area contributed by atoms with Gasteiger partial charge in [-0.15, -0.1) is 11.3 Å². The topological polar surface area (TPSA) is 92.3 Å². The molecule has 8 heteroatoms. The average Bonchev–Trinajstić information content (AvgIpc) is 2.76.